The third kappa shape index (κ3) is 4.65. The molecule has 0 spiro atoms. The van der Waals surface area contributed by atoms with Crippen LogP contribution in [0, 0.1) is 5.92 Å². The Bertz CT molecular complexity index is 1200. The zero-order valence-electron chi connectivity index (χ0n) is 22.5. The molecule has 0 radical (unpaired) electrons. The summed E-state index contributed by atoms with van der Waals surface area (Å²) in [4.78, 5) is 13.0. The van der Waals surface area contributed by atoms with E-state index in [1.807, 2.05) is 24.2 Å². The van der Waals surface area contributed by atoms with Crippen LogP contribution in [0.5, 0.6) is 11.5 Å². The maximum absolute atomic E-state index is 13.0. The number of hydrogen-bond donors (Lipinski definition) is 2. The second kappa shape index (κ2) is 9.85. The fourth-order valence-corrected chi connectivity index (χ4v) is 5.03. The van der Waals surface area contributed by atoms with Gasteiger partial charge < -0.3 is 19.8 Å². The van der Waals surface area contributed by atoms with Gasteiger partial charge in [0.15, 0.2) is 11.5 Å². The van der Waals surface area contributed by atoms with Gasteiger partial charge in [-0.1, -0.05) is 38.1 Å². The van der Waals surface area contributed by atoms with Gasteiger partial charge in [-0.3, -0.25) is 0 Å². The Morgan fingerprint density at radius 1 is 1.11 bits per heavy atom. The minimum atomic E-state index is -0.235. The lowest BCUT2D eigenvalue weighted by Crippen LogP contribution is -2.45. The first-order chi connectivity index (χ1) is 17.1. The van der Waals surface area contributed by atoms with E-state index in [4.69, 9.17) is 14.6 Å². The number of hydrogen-bond acceptors (Lipinski definition) is 6. The van der Waals surface area contributed by atoms with Crippen molar-refractivity contribution < 1.29 is 14.3 Å². The van der Waals surface area contributed by atoms with Crippen molar-refractivity contribution in [3.05, 3.63) is 64.9 Å². The average molecular weight is 492 g/mol. The molecule has 0 bridgehead atoms. The number of benzene rings is 2. The molecule has 8 heteroatoms. The molecule has 2 N–H and O–H groups in total. The van der Waals surface area contributed by atoms with Crippen LogP contribution in [0.3, 0.4) is 0 Å². The minimum absolute atomic E-state index is 0.121. The van der Waals surface area contributed by atoms with Gasteiger partial charge in [0.2, 0.25) is 0 Å². The molecule has 8 nitrogen and oxygen atoms in total. The summed E-state index contributed by atoms with van der Waals surface area (Å²) in [6.45, 7) is 8.54. The number of nitrogens with zero attached hydrogens (tertiary/aromatic N) is 3. The van der Waals surface area contributed by atoms with Crippen LogP contribution in [0.15, 0.2) is 47.7 Å². The van der Waals surface area contributed by atoms with Crippen molar-refractivity contribution in [3.63, 3.8) is 0 Å². The fraction of sp³-hybridized carbons (Fsp3) is 0.429. The predicted molar refractivity (Wildman–Crippen MR) is 143 cm³/mol. The second-order valence-electron chi connectivity index (χ2n) is 10.2. The molecule has 1 unspecified atom stereocenters. The Hall–Kier alpha value is -3.52. The molecule has 36 heavy (non-hydrogen) atoms. The lowest BCUT2D eigenvalue weighted by atomic mass is 9.88. The van der Waals surface area contributed by atoms with Gasteiger partial charge in [-0.25, -0.2) is 15.2 Å². The van der Waals surface area contributed by atoms with Crippen molar-refractivity contribution in [2.24, 2.45) is 11.0 Å². The van der Waals surface area contributed by atoms with Crippen molar-refractivity contribution in [2.45, 2.75) is 45.7 Å². The summed E-state index contributed by atoms with van der Waals surface area (Å²) in [6, 6.07) is 12.0. The molecule has 2 aliphatic heterocycles. The molecular formula is C28H37N5O3. The highest BCUT2D eigenvalue weighted by atomic mass is 16.5. The van der Waals surface area contributed by atoms with E-state index < -0.39 is 0 Å². The Kier molecular flexibility index (Phi) is 7.00. The first-order valence-corrected chi connectivity index (χ1v) is 12.3. The summed E-state index contributed by atoms with van der Waals surface area (Å²) in [5.41, 5.74) is 9.24. The molecule has 0 fully saturated rings. The lowest BCUT2D eigenvalue weighted by molar-refractivity contribution is 0.160. The maximum atomic E-state index is 13.0. The molecule has 0 saturated carbocycles. The van der Waals surface area contributed by atoms with Gasteiger partial charge in [0, 0.05) is 31.4 Å². The van der Waals surface area contributed by atoms with E-state index in [1.54, 1.807) is 26.3 Å². The molecule has 2 heterocycles. The number of methoxy groups -OCH3 is 2. The van der Waals surface area contributed by atoms with Crippen molar-refractivity contribution in [2.75, 3.05) is 28.3 Å². The zero-order chi connectivity index (χ0) is 26.2. The molecule has 0 saturated heterocycles. The quantitative estimate of drug-likeness (QED) is 0.654. The highest BCUT2D eigenvalue weighted by Gasteiger charge is 2.33. The fourth-order valence-electron chi connectivity index (χ4n) is 5.03. The van der Waals surface area contributed by atoms with Crippen LogP contribution in [0.1, 0.15) is 49.9 Å². The Balaban J connectivity index is 1.87. The number of fused-ring (bicyclic) bond motifs is 1. The third-order valence-corrected chi connectivity index (χ3v) is 6.93. The topological polar surface area (TPSA) is 78.4 Å². The number of carbonyl (C=O) groups excluding carboxylic acids is 1. The van der Waals surface area contributed by atoms with E-state index >= 15 is 0 Å². The van der Waals surface area contributed by atoms with Crippen LogP contribution in [-0.2, 0) is 6.42 Å². The van der Waals surface area contributed by atoms with Gasteiger partial charge in [0.25, 0.3) is 0 Å². The first-order valence-electron chi connectivity index (χ1n) is 12.3. The van der Waals surface area contributed by atoms with Crippen molar-refractivity contribution in [3.8, 4) is 11.5 Å². The number of hydrazone groups is 1. The summed E-state index contributed by atoms with van der Waals surface area (Å²) in [6.07, 6.45) is 2.76. The van der Waals surface area contributed by atoms with Crippen LogP contribution in [-0.4, -0.2) is 61.7 Å². The first kappa shape index (κ1) is 25.6. The third-order valence-electron chi connectivity index (χ3n) is 6.93. The normalized spacial score (nSPS) is 18.9. The van der Waals surface area contributed by atoms with E-state index in [9.17, 15) is 4.79 Å². The molecule has 0 aliphatic carbocycles. The maximum Gasteiger partial charge on any atom is 0.337 e. The summed E-state index contributed by atoms with van der Waals surface area (Å²) < 4.78 is 11.2. The van der Waals surface area contributed by atoms with Crippen molar-refractivity contribution in [1.82, 2.24) is 20.8 Å². The SMILES string of the molecule is CNC(=O)N1N=C(c2ccc(C3=CN(C)NC3(C)C)cc2)c2cc(OC)c(OC)cc2CC1C(C)C. The van der Waals surface area contributed by atoms with Gasteiger partial charge >= 0.3 is 6.03 Å². The summed E-state index contributed by atoms with van der Waals surface area (Å²) in [5.74, 6) is 1.48. The van der Waals surface area contributed by atoms with Crippen LogP contribution in [0.25, 0.3) is 5.57 Å². The smallest absolute Gasteiger partial charge is 0.337 e. The molecule has 2 aliphatic rings. The second-order valence-corrected chi connectivity index (χ2v) is 10.2. The molecule has 2 amide bonds. The molecule has 2 aromatic rings. The van der Waals surface area contributed by atoms with Crippen molar-refractivity contribution >= 4 is 17.3 Å². The lowest BCUT2D eigenvalue weighted by Gasteiger charge is -2.29. The van der Waals surface area contributed by atoms with Gasteiger partial charge in [-0.15, -0.1) is 0 Å². The number of hydrazine groups is 1. The van der Waals surface area contributed by atoms with Gasteiger partial charge in [-0.05, 0) is 55.0 Å². The van der Waals surface area contributed by atoms with Crippen LogP contribution < -0.4 is 20.2 Å². The summed E-state index contributed by atoms with van der Waals surface area (Å²) >= 11 is 0. The molecule has 1 atom stereocenters. The van der Waals surface area contributed by atoms with Gasteiger partial charge in [0.05, 0.1) is 31.5 Å². The molecule has 0 aromatic heterocycles. The van der Waals surface area contributed by atoms with Crippen LogP contribution >= 0.6 is 0 Å². The van der Waals surface area contributed by atoms with Crippen LogP contribution in [0.4, 0.5) is 4.79 Å². The number of amides is 2. The summed E-state index contributed by atoms with van der Waals surface area (Å²) in [7, 11) is 6.90. The predicted octanol–water partition coefficient (Wildman–Crippen LogP) is 4.25. The number of nitrogens with one attached hydrogen (secondary N) is 2. The standard InChI is InChI=1S/C28H37N5O3/c1-17(2)23-13-20-14-24(35-7)25(36-8)15-21(20)26(30-33(23)27(34)29-5)19-11-9-18(10-12-19)22-16-32(6)31-28(22,3)4/h9-12,14-17,23,31H,13H2,1-8H3,(H,29,34). The Morgan fingerprint density at radius 3 is 2.25 bits per heavy atom. The monoisotopic (exact) mass is 491 g/mol. The molecule has 2 aromatic carbocycles. The number of rotatable bonds is 5. The molecule has 192 valence electrons. The minimum Gasteiger partial charge on any atom is -0.493 e. The average Bonchev–Trinajstić information content (AvgIpc) is 3.03. The molecule has 4 rings (SSSR count). The largest absolute Gasteiger partial charge is 0.493 e. The highest BCUT2D eigenvalue weighted by Crippen LogP contribution is 2.36. The van der Waals surface area contributed by atoms with E-state index in [-0.39, 0.29) is 23.5 Å². The van der Waals surface area contributed by atoms with E-state index in [1.165, 1.54) is 5.57 Å². The van der Waals surface area contributed by atoms with Gasteiger partial charge in [0.1, 0.15) is 0 Å². The van der Waals surface area contributed by atoms with E-state index in [0.29, 0.717) is 17.9 Å². The Morgan fingerprint density at radius 2 is 1.72 bits per heavy atom. The number of urea groups is 1. The van der Waals surface area contributed by atoms with E-state index in [2.05, 4.69) is 68.9 Å². The zero-order valence-corrected chi connectivity index (χ0v) is 22.5. The number of carbonyl (C=O) groups is 1. The van der Waals surface area contributed by atoms with Crippen molar-refractivity contribution in [1.29, 1.82) is 0 Å². The Labute approximate surface area is 213 Å². The highest BCUT2D eigenvalue weighted by molar-refractivity contribution is 6.14. The summed E-state index contributed by atoms with van der Waals surface area (Å²) in [5, 5.41) is 11.3. The molecular weight excluding hydrogens is 454 g/mol. The van der Waals surface area contributed by atoms with E-state index in [0.717, 1.165) is 28.0 Å². The van der Waals surface area contributed by atoms with Crippen LogP contribution in [0.2, 0.25) is 0 Å². The van der Waals surface area contributed by atoms with Gasteiger partial charge in [-0.2, -0.15) is 5.10 Å². The number of ether oxygens (including phenoxy) is 2.